The molecular formula is C22H27ClF2N6O4S. The van der Waals surface area contributed by atoms with Crippen LogP contribution in [0.25, 0.3) is 5.69 Å². The predicted octanol–water partition coefficient (Wildman–Crippen LogP) is 3.26. The Balaban J connectivity index is 0.000000574. The van der Waals surface area contributed by atoms with E-state index in [2.05, 4.69) is 32.5 Å². The number of esters is 2. The highest BCUT2D eigenvalue weighted by molar-refractivity contribution is 7.81. The Morgan fingerprint density at radius 3 is 1.92 bits per heavy atom. The Hall–Kier alpha value is -3.68. The molecule has 3 aromatic rings. The third-order valence-electron chi connectivity index (χ3n) is 3.79. The molecular weight excluding hydrogens is 518 g/mol. The number of halogens is 3. The van der Waals surface area contributed by atoms with Crippen LogP contribution in [0.2, 0.25) is 0 Å². The number of rotatable bonds is 5. The van der Waals surface area contributed by atoms with Gasteiger partial charge in [-0.1, -0.05) is 12.2 Å². The van der Waals surface area contributed by atoms with Crippen LogP contribution in [0.5, 0.6) is 0 Å². The number of aromatic nitrogens is 3. The van der Waals surface area contributed by atoms with E-state index in [4.69, 9.17) is 16.3 Å². The molecule has 3 rings (SSSR count). The second kappa shape index (κ2) is 16.9. The van der Waals surface area contributed by atoms with E-state index in [1.165, 1.54) is 28.9 Å². The molecule has 0 aliphatic carbocycles. The van der Waals surface area contributed by atoms with Crippen molar-refractivity contribution >= 4 is 47.2 Å². The standard InChI is InChI=1S/C12H12FN3O2.C6H7FN2.C4H7NO2S.ClH/c1-3-18-12(17)11-14-8(2)16(15-11)10-6-4-9(13)5-7-10;7-5-1-3-6(9-8)4-2-5;1-2-7-4(6)3(5)8;/h4-7H,3H2,1-2H3;1-4,9H,8H2;2H2,1H3,(H2,5,8);1H. The SMILES string of the molecule is CCOC(=O)C(N)=S.CCOC(=O)c1nc(C)n(-c2ccc(F)cc2)n1.Cl.NNc1ccc(F)cc1. The fraction of sp³-hybridized carbons (Fsp3) is 0.227. The normalized spacial score (nSPS) is 9.28. The molecule has 10 nitrogen and oxygen atoms in total. The lowest BCUT2D eigenvalue weighted by Crippen LogP contribution is -2.23. The van der Waals surface area contributed by atoms with Gasteiger partial charge in [0.25, 0.3) is 5.82 Å². The lowest BCUT2D eigenvalue weighted by molar-refractivity contribution is -0.134. The molecule has 1 aromatic heterocycles. The van der Waals surface area contributed by atoms with Crippen molar-refractivity contribution in [3.05, 3.63) is 71.8 Å². The van der Waals surface area contributed by atoms with E-state index in [0.29, 0.717) is 23.8 Å². The van der Waals surface area contributed by atoms with Gasteiger partial charge in [-0.2, -0.15) is 0 Å². The van der Waals surface area contributed by atoms with E-state index >= 15 is 0 Å². The number of nitrogens with two attached hydrogens (primary N) is 2. The quantitative estimate of drug-likeness (QED) is 0.189. The number of carbonyl (C=O) groups is 2. The van der Waals surface area contributed by atoms with Crippen molar-refractivity contribution in [1.82, 2.24) is 14.8 Å². The molecule has 14 heteroatoms. The molecule has 0 unspecified atom stereocenters. The highest BCUT2D eigenvalue weighted by Gasteiger charge is 2.16. The van der Waals surface area contributed by atoms with Crippen molar-refractivity contribution < 1.29 is 27.8 Å². The van der Waals surface area contributed by atoms with E-state index in [0.717, 1.165) is 0 Å². The molecule has 5 N–H and O–H groups in total. The largest absolute Gasteiger partial charge is 0.461 e. The zero-order valence-corrected chi connectivity index (χ0v) is 21.4. The highest BCUT2D eigenvalue weighted by Crippen LogP contribution is 2.11. The third-order valence-corrected chi connectivity index (χ3v) is 3.95. The van der Waals surface area contributed by atoms with E-state index in [9.17, 15) is 18.4 Å². The number of anilines is 1. The summed E-state index contributed by atoms with van der Waals surface area (Å²) in [7, 11) is 0. The average molecular weight is 545 g/mol. The molecule has 0 aliphatic heterocycles. The average Bonchev–Trinajstić information content (AvgIpc) is 3.23. The Morgan fingerprint density at radius 1 is 1.00 bits per heavy atom. The summed E-state index contributed by atoms with van der Waals surface area (Å²) in [6.45, 7) is 5.69. The van der Waals surface area contributed by atoms with Crippen molar-refractivity contribution in [3.8, 4) is 5.69 Å². The van der Waals surface area contributed by atoms with Gasteiger partial charge in [-0.15, -0.1) is 17.5 Å². The number of nitrogens with one attached hydrogen (secondary N) is 1. The molecule has 0 aliphatic rings. The third kappa shape index (κ3) is 11.2. The first kappa shape index (κ1) is 32.3. The van der Waals surface area contributed by atoms with Gasteiger partial charge >= 0.3 is 11.9 Å². The fourth-order valence-electron chi connectivity index (χ4n) is 2.25. The minimum Gasteiger partial charge on any atom is -0.461 e. The van der Waals surface area contributed by atoms with Gasteiger partial charge in [-0.25, -0.2) is 28.0 Å². The van der Waals surface area contributed by atoms with Crippen LogP contribution in [0.4, 0.5) is 14.5 Å². The van der Waals surface area contributed by atoms with Gasteiger partial charge in [0, 0.05) is 5.69 Å². The van der Waals surface area contributed by atoms with Crippen molar-refractivity contribution in [2.45, 2.75) is 20.8 Å². The molecule has 0 saturated carbocycles. The summed E-state index contributed by atoms with van der Waals surface area (Å²) < 4.78 is 35.6. The highest BCUT2D eigenvalue weighted by atomic mass is 35.5. The van der Waals surface area contributed by atoms with Crippen molar-refractivity contribution in [1.29, 1.82) is 0 Å². The lowest BCUT2D eigenvalue weighted by atomic mass is 10.3. The van der Waals surface area contributed by atoms with E-state index in [1.807, 2.05) is 0 Å². The molecule has 0 saturated heterocycles. The van der Waals surface area contributed by atoms with Crippen LogP contribution in [0.3, 0.4) is 0 Å². The molecule has 0 fully saturated rings. The van der Waals surface area contributed by atoms with Gasteiger partial charge < -0.3 is 20.6 Å². The van der Waals surface area contributed by atoms with E-state index in [-0.39, 0.29) is 41.5 Å². The summed E-state index contributed by atoms with van der Waals surface area (Å²) in [5.41, 5.74) is 8.61. The summed E-state index contributed by atoms with van der Waals surface area (Å²) >= 11 is 4.29. The number of hydrazine groups is 1. The molecule has 0 atom stereocenters. The molecule has 0 bridgehead atoms. The lowest BCUT2D eigenvalue weighted by Gasteiger charge is -2.01. The van der Waals surface area contributed by atoms with E-state index in [1.54, 1.807) is 45.0 Å². The van der Waals surface area contributed by atoms with Gasteiger partial charge in [0.15, 0.2) is 4.99 Å². The smallest absolute Gasteiger partial charge is 0.378 e. The van der Waals surface area contributed by atoms with Crippen LogP contribution in [0, 0.1) is 18.6 Å². The minimum atomic E-state index is -0.609. The molecule has 0 spiro atoms. The van der Waals surface area contributed by atoms with Crippen LogP contribution in [0.15, 0.2) is 48.5 Å². The molecule has 2 aromatic carbocycles. The number of nitrogen functional groups attached to an aromatic ring is 1. The number of nitrogens with zero attached hydrogens (tertiary/aromatic N) is 3. The second-order valence-electron chi connectivity index (χ2n) is 6.33. The second-order valence-corrected chi connectivity index (χ2v) is 6.77. The minimum absolute atomic E-state index is 0. The maximum Gasteiger partial charge on any atom is 0.378 e. The molecule has 0 radical (unpaired) electrons. The summed E-state index contributed by atoms with van der Waals surface area (Å²) in [6, 6.07) is 11.6. The van der Waals surface area contributed by atoms with Gasteiger partial charge in [-0.05, 0) is 69.3 Å². The van der Waals surface area contributed by atoms with Crippen LogP contribution in [0.1, 0.15) is 30.3 Å². The summed E-state index contributed by atoms with van der Waals surface area (Å²) in [4.78, 5) is 25.5. The summed E-state index contributed by atoms with van der Waals surface area (Å²) in [5.74, 6) is 3.79. The van der Waals surface area contributed by atoms with E-state index < -0.39 is 11.9 Å². The Labute approximate surface area is 218 Å². The van der Waals surface area contributed by atoms with Crippen LogP contribution < -0.4 is 17.0 Å². The van der Waals surface area contributed by atoms with Crippen molar-refractivity contribution in [2.24, 2.45) is 11.6 Å². The summed E-state index contributed by atoms with van der Waals surface area (Å²) in [6.07, 6.45) is 0. The van der Waals surface area contributed by atoms with Gasteiger partial charge in [0.05, 0.1) is 18.9 Å². The first-order valence-corrected chi connectivity index (χ1v) is 10.6. The maximum absolute atomic E-state index is 12.8. The molecule has 1 heterocycles. The molecule has 0 amide bonds. The Morgan fingerprint density at radius 2 is 1.50 bits per heavy atom. The zero-order valence-electron chi connectivity index (χ0n) is 19.7. The van der Waals surface area contributed by atoms with Crippen LogP contribution >= 0.6 is 24.6 Å². The Bertz CT molecular complexity index is 1110. The number of ether oxygens (including phenoxy) is 2. The Kier molecular flexibility index (Phi) is 15.1. The van der Waals surface area contributed by atoms with Gasteiger partial charge in [-0.3, -0.25) is 5.84 Å². The summed E-state index contributed by atoms with van der Waals surface area (Å²) in [5, 5.41) is 4.04. The number of thiocarbonyl (C=S) groups is 1. The molecule has 36 heavy (non-hydrogen) atoms. The monoisotopic (exact) mass is 544 g/mol. The topological polar surface area (TPSA) is 147 Å². The van der Waals surface area contributed by atoms with Gasteiger partial charge in [0.2, 0.25) is 0 Å². The number of benzene rings is 2. The number of hydrogen-bond donors (Lipinski definition) is 3. The fourth-order valence-corrected chi connectivity index (χ4v) is 2.31. The number of carbonyl (C=O) groups excluding carboxylic acids is 2. The van der Waals surface area contributed by atoms with Crippen LogP contribution in [-0.2, 0) is 14.3 Å². The number of aryl methyl sites for hydroxylation is 1. The van der Waals surface area contributed by atoms with Crippen molar-refractivity contribution in [3.63, 3.8) is 0 Å². The van der Waals surface area contributed by atoms with Crippen molar-refractivity contribution in [2.75, 3.05) is 18.6 Å². The number of hydrogen-bond acceptors (Lipinski definition) is 9. The van der Waals surface area contributed by atoms with Crippen LogP contribution in [-0.4, -0.2) is 44.9 Å². The first-order chi connectivity index (χ1) is 16.6. The zero-order chi connectivity index (χ0) is 26.4. The maximum atomic E-state index is 12.8. The predicted molar refractivity (Wildman–Crippen MR) is 137 cm³/mol. The van der Waals surface area contributed by atoms with Gasteiger partial charge in [0.1, 0.15) is 17.5 Å². The first-order valence-electron chi connectivity index (χ1n) is 10.2. The molecule has 196 valence electrons.